The first-order valence-corrected chi connectivity index (χ1v) is 5.43. The first-order valence-electron chi connectivity index (χ1n) is 4.14. The Balaban J connectivity index is 2.49. The number of fused-ring (bicyclic) bond motifs is 1. The summed E-state index contributed by atoms with van der Waals surface area (Å²) >= 11 is 7.13. The second kappa shape index (κ2) is 3.15. The van der Waals surface area contributed by atoms with E-state index in [1.165, 1.54) is 28.8 Å². The summed E-state index contributed by atoms with van der Waals surface area (Å²) in [4.78, 5) is 2.41. The van der Waals surface area contributed by atoms with Gasteiger partial charge in [0.25, 0.3) is 0 Å². The second-order valence-corrected chi connectivity index (χ2v) is 4.45. The topological polar surface area (TPSA) is 12.0 Å². The molecule has 1 nitrogen and oxygen atoms in total. The van der Waals surface area contributed by atoms with Crippen LogP contribution in [0.1, 0.15) is 22.4 Å². The maximum Gasteiger partial charge on any atom is 0.107 e. The second-order valence-electron chi connectivity index (χ2n) is 3.08. The van der Waals surface area contributed by atoms with Gasteiger partial charge in [-0.3, -0.25) is 0 Å². The van der Waals surface area contributed by atoms with E-state index < -0.39 is 0 Å². The van der Waals surface area contributed by atoms with Gasteiger partial charge >= 0.3 is 0 Å². The van der Waals surface area contributed by atoms with E-state index in [-0.39, 0.29) is 0 Å². The van der Waals surface area contributed by atoms with Gasteiger partial charge in [0.2, 0.25) is 0 Å². The summed E-state index contributed by atoms with van der Waals surface area (Å²) in [6, 6.07) is 0. The van der Waals surface area contributed by atoms with E-state index in [4.69, 9.17) is 12.2 Å². The van der Waals surface area contributed by atoms with Crippen molar-refractivity contribution in [3.8, 4) is 0 Å². The highest BCUT2D eigenvalue weighted by Crippen LogP contribution is 2.25. The third kappa shape index (κ3) is 1.27. The van der Waals surface area contributed by atoms with E-state index in [1.54, 1.807) is 0 Å². The van der Waals surface area contributed by atoms with Gasteiger partial charge in [0.1, 0.15) is 4.99 Å². The molecule has 2 rings (SSSR count). The van der Waals surface area contributed by atoms with Gasteiger partial charge in [-0.1, -0.05) is 12.2 Å². The average molecular weight is 197 g/mol. The largest absolute Gasteiger partial charge is 0.376 e. The van der Waals surface area contributed by atoms with Crippen molar-refractivity contribution in [2.24, 2.45) is 0 Å². The summed E-state index contributed by atoms with van der Waals surface area (Å²) in [6.07, 6.45) is 2.38. The molecule has 1 aliphatic heterocycles. The van der Waals surface area contributed by atoms with E-state index in [0.717, 1.165) is 11.5 Å². The molecule has 2 heterocycles. The number of hydrogen-bond acceptors (Lipinski definition) is 2. The molecular formula is C9H11NS2. The summed E-state index contributed by atoms with van der Waals surface area (Å²) in [5, 5.41) is 5.46. The van der Waals surface area contributed by atoms with Crippen LogP contribution in [0.4, 0.5) is 0 Å². The fourth-order valence-corrected chi connectivity index (χ4v) is 3.06. The van der Waals surface area contributed by atoms with Gasteiger partial charge in [-0.05, 0) is 30.7 Å². The number of nitrogens with one attached hydrogen (secondary N) is 1. The highest BCUT2D eigenvalue weighted by molar-refractivity contribution is 7.80. The van der Waals surface area contributed by atoms with Gasteiger partial charge in [-0.2, -0.15) is 0 Å². The summed E-state index contributed by atoms with van der Waals surface area (Å²) in [6.45, 7) is 3.16. The molecule has 3 heteroatoms. The van der Waals surface area contributed by atoms with Crippen molar-refractivity contribution in [2.75, 3.05) is 6.54 Å². The lowest BCUT2D eigenvalue weighted by molar-refractivity contribution is 0.800. The van der Waals surface area contributed by atoms with Crippen LogP contribution in [0.25, 0.3) is 0 Å². The molecule has 0 aromatic carbocycles. The third-order valence-corrected chi connectivity index (χ3v) is 3.66. The molecule has 1 aliphatic rings. The van der Waals surface area contributed by atoms with Crippen LogP contribution in [-0.4, -0.2) is 11.5 Å². The highest BCUT2D eigenvalue weighted by Gasteiger charge is 2.15. The Kier molecular flexibility index (Phi) is 2.15. The summed E-state index contributed by atoms with van der Waals surface area (Å²) < 4.78 is 0. The van der Waals surface area contributed by atoms with E-state index in [0.29, 0.717) is 0 Å². The Morgan fingerprint density at radius 2 is 2.42 bits per heavy atom. The molecule has 0 fully saturated rings. The first kappa shape index (κ1) is 8.20. The Bertz CT molecular complexity index is 314. The van der Waals surface area contributed by atoms with Gasteiger partial charge in [-0.15, -0.1) is 11.3 Å². The first-order chi connectivity index (χ1) is 5.79. The van der Waals surface area contributed by atoms with Crippen molar-refractivity contribution < 1.29 is 0 Å². The SMILES string of the molecule is Cc1csc2c1C(=S)NCCC2. The minimum atomic E-state index is 0.946. The fourth-order valence-electron chi connectivity index (χ4n) is 1.53. The van der Waals surface area contributed by atoms with Crippen molar-refractivity contribution in [3.05, 3.63) is 21.4 Å². The van der Waals surface area contributed by atoms with Crippen molar-refractivity contribution in [1.82, 2.24) is 5.32 Å². The Morgan fingerprint density at radius 3 is 3.25 bits per heavy atom. The fraction of sp³-hybridized carbons (Fsp3) is 0.444. The Labute approximate surface area is 81.8 Å². The van der Waals surface area contributed by atoms with Gasteiger partial charge in [0.15, 0.2) is 0 Å². The third-order valence-electron chi connectivity index (χ3n) is 2.14. The number of thiocarbonyl (C=S) groups is 1. The highest BCUT2D eigenvalue weighted by atomic mass is 32.1. The number of thiophene rings is 1. The molecule has 0 bridgehead atoms. The van der Waals surface area contributed by atoms with E-state index in [1.807, 2.05) is 11.3 Å². The minimum absolute atomic E-state index is 0.946. The van der Waals surface area contributed by atoms with Crippen molar-refractivity contribution in [2.45, 2.75) is 19.8 Å². The van der Waals surface area contributed by atoms with Crippen LogP contribution in [0.15, 0.2) is 5.38 Å². The molecule has 0 saturated heterocycles. The molecule has 0 saturated carbocycles. The number of rotatable bonds is 0. The summed E-state index contributed by atoms with van der Waals surface area (Å²) in [5.41, 5.74) is 2.63. The van der Waals surface area contributed by atoms with E-state index in [9.17, 15) is 0 Å². The van der Waals surface area contributed by atoms with Crippen LogP contribution in [-0.2, 0) is 6.42 Å². The zero-order chi connectivity index (χ0) is 8.55. The van der Waals surface area contributed by atoms with Crippen LogP contribution in [0.3, 0.4) is 0 Å². The zero-order valence-corrected chi connectivity index (χ0v) is 8.65. The van der Waals surface area contributed by atoms with Crippen LogP contribution >= 0.6 is 23.6 Å². The monoisotopic (exact) mass is 197 g/mol. The standard InChI is InChI=1S/C9H11NS2/c1-6-5-12-7-3-2-4-10-9(11)8(6)7/h5H,2-4H2,1H3,(H,10,11). The lowest BCUT2D eigenvalue weighted by Gasteiger charge is -2.02. The molecule has 0 radical (unpaired) electrons. The lowest BCUT2D eigenvalue weighted by Crippen LogP contribution is -2.21. The number of hydrogen-bond donors (Lipinski definition) is 1. The Morgan fingerprint density at radius 1 is 1.58 bits per heavy atom. The van der Waals surface area contributed by atoms with E-state index in [2.05, 4.69) is 17.6 Å². The quantitative estimate of drug-likeness (QED) is 0.640. The molecular weight excluding hydrogens is 186 g/mol. The smallest absolute Gasteiger partial charge is 0.107 e. The van der Waals surface area contributed by atoms with Gasteiger partial charge in [0, 0.05) is 17.0 Å². The van der Waals surface area contributed by atoms with Gasteiger partial charge in [0.05, 0.1) is 0 Å². The maximum absolute atomic E-state index is 5.28. The molecule has 0 amide bonds. The Hall–Kier alpha value is -0.410. The zero-order valence-electron chi connectivity index (χ0n) is 7.02. The van der Waals surface area contributed by atoms with Gasteiger partial charge in [-0.25, -0.2) is 0 Å². The van der Waals surface area contributed by atoms with Crippen LogP contribution in [0.2, 0.25) is 0 Å². The van der Waals surface area contributed by atoms with Crippen LogP contribution < -0.4 is 5.32 Å². The average Bonchev–Trinajstić information content (AvgIpc) is 2.29. The molecule has 0 aliphatic carbocycles. The van der Waals surface area contributed by atoms with Crippen LogP contribution in [0, 0.1) is 6.92 Å². The molecule has 0 unspecified atom stereocenters. The predicted octanol–water partition coefficient (Wildman–Crippen LogP) is 2.27. The van der Waals surface area contributed by atoms with Crippen molar-refractivity contribution in [1.29, 1.82) is 0 Å². The molecule has 1 aromatic rings. The number of aryl methyl sites for hydroxylation is 2. The maximum atomic E-state index is 5.28. The summed E-state index contributed by atoms with van der Waals surface area (Å²) in [5.74, 6) is 0. The molecule has 64 valence electrons. The van der Waals surface area contributed by atoms with Crippen molar-refractivity contribution in [3.63, 3.8) is 0 Å². The summed E-state index contributed by atoms with van der Waals surface area (Å²) in [7, 11) is 0. The van der Waals surface area contributed by atoms with Gasteiger partial charge < -0.3 is 5.32 Å². The predicted molar refractivity (Wildman–Crippen MR) is 57.1 cm³/mol. The lowest BCUT2D eigenvalue weighted by atomic mass is 10.1. The molecule has 1 aromatic heterocycles. The minimum Gasteiger partial charge on any atom is -0.376 e. The molecule has 1 N–H and O–H groups in total. The van der Waals surface area contributed by atoms with Crippen molar-refractivity contribution >= 4 is 28.5 Å². The molecule has 0 spiro atoms. The molecule has 0 atom stereocenters. The van der Waals surface area contributed by atoms with E-state index >= 15 is 0 Å². The molecule has 12 heavy (non-hydrogen) atoms. The normalized spacial score (nSPS) is 16.6. The van der Waals surface area contributed by atoms with Crippen LogP contribution in [0.5, 0.6) is 0 Å².